The van der Waals surface area contributed by atoms with E-state index in [4.69, 9.17) is 38.3 Å². The van der Waals surface area contributed by atoms with Gasteiger partial charge in [-0.3, -0.25) is 14.4 Å². The fourth-order valence-corrected chi connectivity index (χ4v) is 14.8. The number of allylic oxidation sites excluding steroid dienone is 2. The van der Waals surface area contributed by atoms with Crippen molar-refractivity contribution in [3.05, 3.63) is 23.8 Å². The average molecular weight is 1130 g/mol. The lowest BCUT2D eigenvalue weighted by molar-refractivity contribution is -0.363. The summed E-state index contributed by atoms with van der Waals surface area (Å²) in [5.74, 6) is -5.77. The zero-order valence-electron chi connectivity index (χ0n) is 45.6. The van der Waals surface area contributed by atoms with Crippen molar-refractivity contribution in [3.8, 4) is 0 Å². The largest absolute Gasteiger partial charge is 0.481 e. The lowest BCUT2D eigenvalue weighted by Crippen LogP contribution is -2.67. The van der Waals surface area contributed by atoms with Crippen molar-refractivity contribution in [1.29, 1.82) is 0 Å². The summed E-state index contributed by atoms with van der Waals surface area (Å²) in [6.45, 7) is 12.9. The number of hydrogen-bond acceptors (Lipinski definition) is 23. The number of aliphatic carboxylic acids is 2. The molecule has 0 radical (unpaired) electrons. The van der Waals surface area contributed by atoms with Crippen LogP contribution in [0.3, 0.4) is 0 Å². The quantitative estimate of drug-likeness (QED) is 0.0398. The van der Waals surface area contributed by atoms with Gasteiger partial charge in [0.05, 0.1) is 37.8 Å². The van der Waals surface area contributed by atoms with E-state index in [1.54, 1.807) is 0 Å². The van der Waals surface area contributed by atoms with Crippen LogP contribution >= 0.6 is 0 Å². The SMILES string of the molecule is C=C(C(=O)O)[C@@H]1CC[C@]2(C)[C@H](CC=C3[C@@H]4CC(C)(C)CC[C@]4(C(=O)O[C@@H]4O[C@H](CO[C@@H]5O[C@H](COC(=O)C[C@](C)(O)CC(=O)O)[C@@H](O)[C@H](O)[C@H]5O)[C@@H](O)[C@H](O[C@@H]5O[C@H](CO)[C@@H](O)[C@H](O)[C@H]5O)[C@H]4O)[C@H](O)C[C@]32C)[C@]1(C)CCCO. The predicted molar refractivity (Wildman–Crippen MR) is 267 cm³/mol. The Balaban J connectivity index is 1.18. The molecule has 3 saturated carbocycles. The van der Waals surface area contributed by atoms with E-state index in [0.29, 0.717) is 44.9 Å². The first kappa shape index (κ1) is 63.3. The lowest BCUT2D eigenvalue weighted by atomic mass is 9.35. The molecule has 0 aromatic heterocycles. The fourth-order valence-electron chi connectivity index (χ4n) is 14.8. The van der Waals surface area contributed by atoms with Crippen molar-refractivity contribution in [3.63, 3.8) is 0 Å². The number of ether oxygens (including phenoxy) is 7. The summed E-state index contributed by atoms with van der Waals surface area (Å²) < 4.78 is 40.3. The molecule has 0 amide bonds. The van der Waals surface area contributed by atoms with Gasteiger partial charge in [-0.25, -0.2) is 4.79 Å². The number of rotatable bonds is 19. The maximum Gasteiger partial charge on any atom is 0.331 e. The second-order valence-corrected chi connectivity index (χ2v) is 25.1. The third kappa shape index (κ3) is 11.8. The molecule has 7 rings (SSSR count). The normalized spacial score (nSPS) is 45.5. The third-order valence-corrected chi connectivity index (χ3v) is 19.5. The molecule has 450 valence electrons. The number of esters is 2. The van der Waals surface area contributed by atoms with Crippen LogP contribution in [0.25, 0.3) is 0 Å². The van der Waals surface area contributed by atoms with E-state index < -0.39 is 194 Å². The summed E-state index contributed by atoms with van der Waals surface area (Å²) in [5.41, 5.74) is -4.97. The summed E-state index contributed by atoms with van der Waals surface area (Å²) in [6.07, 6.45) is -26.2. The summed E-state index contributed by atoms with van der Waals surface area (Å²) >= 11 is 0. The van der Waals surface area contributed by atoms with Crippen LogP contribution in [0.5, 0.6) is 0 Å². The number of hydrogen-bond donors (Lipinski definition) is 14. The van der Waals surface area contributed by atoms with Gasteiger partial charge in [-0.2, -0.15) is 0 Å². The van der Waals surface area contributed by atoms with Crippen LogP contribution in [0.4, 0.5) is 0 Å². The van der Waals surface area contributed by atoms with Gasteiger partial charge in [0.25, 0.3) is 0 Å². The van der Waals surface area contributed by atoms with Crippen LogP contribution < -0.4 is 0 Å². The van der Waals surface area contributed by atoms with Crippen molar-refractivity contribution in [2.24, 2.45) is 44.8 Å². The number of carboxylic acid groups (broad SMARTS) is 2. The number of carboxylic acids is 2. The Kier molecular flexibility index (Phi) is 19.0. The summed E-state index contributed by atoms with van der Waals surface area (Å²) in [7, 11) is 0. The Labute approximate surface area is 457 Å². The van der Waals surface area contributed by atoms with Crippen molar-refractivity contribution in [2.45, 2.75) is 216 Å². The highest BCUT2D eigenvalue weighted by Gasteiger charge is 2.71. The van der Waals surface area contributed by atoms with Gasteiger partial charge in [0, 0.05) is 12.2 Å². The van der Waals surface area contributed by atoms with Crippen LogP contribution in [-0.4, -0.2) is 226 Å². The molecule has 3 heterocycles. The van der Waals surface area contributed by atoms with E-state index in [1.807, 2.05) is 0 Å². The highest BCUT2D eigenvalue weighted by atomic mass is 16.8. The molecule has 3 aliphatic heterocycles. The number of aliphatic hydroxyl groups excluding tert-OH is 11. The molecule has 3 saturated heterocycles. The maximum absolute atomic E-state index is 15.5. The molecule has 0 unspecified atom stereocenters. The Hall–Kier alpha value is -3.32. The number of aliphatic hydroxyl groups is 12. The van der Waals surface area contributed by atoms with E-state index in [9.17, 15) is 80.8 Å². The first-order valence-corrected chi connectivity index (χ1v) is 27.3. The first-order chi connectivity index (χ1) is 36.7. The molecule has 6 fully saturated rings. The summed E-state index contributed by atoms with van der Waals surface area (Å²) in [4.78, 5) is 51.6. The van der Waals surface area contributed by atoms with Gasteiger partial charge < -0.3 is 105 Å². The Bertz CT molecular complexity index is 2260. The van der Waals surface area contributed by atoms with Crippen LogP contribution in [0.2, 0.25) is 0 Å². The Morgan fingerprint density at radius 3 is 1.96 bits per heavy atom. The summed E-state index contributed by atoms with van der Waals surface area (Å²) in [6, 6.07) is 0. The smallest absolute Gasteiger partial charge is 0.331 e. The summed E-state index contributed by atoms with van der Waals surface area (Å²) in [5, 5.41) is 151. The predicted octanol–water partition coefficient (Wildman–Crippen LogP) is -1.49. The molecule has 79 heavy (non-hydrogen) atoms. The van der Waals surface area contributed by atoms with Gasteiger partial charge >= 0.3 is 23.9 Å². The van der Waals surface area contributed by atoms with Crippen LogP contribution in [0.1, 0.15) is 112 Å². The molecule has 25 heteroatoms. The van der Waals surface area contributed by atoms with E-state index >= 15 is 4.79 Å². The second kappa shape index (κ2) is 23.7. The highest BCUT2D eigenvalue weighted by Crippen LogP contribution is 2.74. The standard InChI is InChI=1S/C54H84O25/c1-24(44(69)70)25-11-13-52(6)31(51(25,5)12-8-16-55)10-9-26-27-17-49(2,3)14-15-54(27,32(57)18-53(26,52)7)48(71)79-47-42(68)43(78-46-41(67)38(64)35(61)28(21-56)75-46)37(63)30(77-47)23-74-45-40(66)39(65)36(62)29(76-45)22-73-34(60)20-50(4,72)19-33(58)59/h9,25,27-32,35-43,45-47,55-57,61-68,72H,1,8,10-23H2,2-7H3,(H,58,59)(H,69,70)/t25-,27-,28+,29+,30+,31+,32+,35+,36+,37+,38-,39-,40+,41+,42+,43-,45+,46-,47-,50+,51+,52+,53+,54+/m0/s1. The van der Waals surface area contributed by atoms with Crippen LogP contribution in [-0.2, 0) is 52.3 Å². The van der Waals surface area contributed by atoms with E-state index in [-0.39, 0.29) is 36.4 Å². The molecule has 24 atom stereocenters. The zero-order valence-corrected chi connectivity index (χ0v) is 45.6. The first-order valence-electron chi connectivity index (χ1n) is 27.3. The zero-order chi connectivity index (χ0) is 58.7. The monoisotopic (exact) mass is 1130 g/mol. The van der Waals surface area contributed by atoms with Crippen molar-refractivity contribution in [2.75, 3.05) is 26.4 Å². The number of fused-ring (bicyclic) bond motifs is 5. The molecule has 4 aliphatic carbocycles. The number of carbonyl (C=O) groups excluding carboxylic acids is 2. The molecule has 25 nitrogen and oxygen atoms in total. The second-order valence-electron chi connectivity index (χ2n) is 25.1. The molecule has 0 bridgehead atoms. The van der Waals surface area contributed by atoms with Gasteiger partial charge in [0.15, 0.2) is 12.6 Å². The molecule has 7 aliphatic rings. The number of carbonyl (C=O) groups is 4. The van der Waals surface area contributed by atoms with Crippen LogP contribution in [0.15, 0.2) is 23.8 Å². The average Bonchev–Trinajstić information content (AvgIpc) is 1.76. The lowest BCUT2D eigenvalue weighted by Gasteiger charge is -2.69. The third-order valence-electron chi connectivity index (χ3n) is 19.5. The maximum atomic E-state index is 15.5. The molecule has 14 N–H and O–H groups in total. The van der Waals surface area contributed by atoms with Crippen LogP contribution in [0, 0.1) is 44.8 Å². The minimum Gasteiger partial charge on any atom is -0.481 e. The molecular weight excluding hydrogens is 1050 g/mol. The van der Waals surface area contributed by atoms with Gasteiger partial charge in [-0.15, -0.1) is 0 Å². The fraction of sp³-hybridized carbons (Fsp3) is 0.852. The van der Waals surface area contributed by atoms with Crippen molar-refractivity contribution in [1.82, 2.24) is 0 Å². The minimum atomic E-state index is -2.16. The Morgan fingerprint density at radius 1 is 0.734 bits per heavy atom. The minimum absolute atomic E-state index is 0.0700. The van der Waals surface area contributed by atoms with E-state index in [0.717, 1.165) is 12.5 Å². The van der Waals surface area contributed by atoms with Gasteiger partial charge in [0.2, 0.25) is 6.29 Å². The van der Waals surface area contributed by atoms with Crippen molar-refractivity contribution >= 4 is 23.9 Å². The molecule has 0 aromatic carbocycles. The molecule has 0 spiro atoms. The van der Waals surface area contributed by atoms with Gasteiger partial charge in [-0.1, -0.05) is 52.8 Å². The highest BCUT2D eigenvalue weighted by molar-refractivity contribution is 5.86. The van der Waals surface area contributed by atoms with Crippen molar-refractivity contribution < 1.29 is 124 Å². The van der Waals surface area contributed by atoms with E-state index in [1.165, 1.54) is 0 Å². The van der Waals surface area contributed by atoms with Gasteiger partial charge in [0.1, 0.15) is 85.3 Å². The molecule has 0 aromatic rings. The van der Waals surface area contributed by atoms with E-state index in [2.05, 4.69) is 47.3 Å². The Morgan fingerprint density at radius 2 is 1.34 bits per heavy atom. The topological polar surface area (TPSA) is 416 Å². The van der Waals surface area contributed by atoms with Gasteiger partial charge in [-0.05, 0) is 104 Å². The molecular formula is C54H84O25.